The Hall–Kier alpha value is -3.53. The molecule has 0 atom stereocenters. The highest BCUT2D eigenvalue weighted by atomic mass is 28.4. The first-order valence-corrected chi connectivity index (χ1v) is 19.2. The van der Waals surface area contributed by atoms with Gasteiger partial charge in [0.05, 0.1) is 0 Å². The zero-order valence-corrected chi connectivity index (χ0v) is 32.3. The lowest BCUT2D eigenvalue weighted by Crippen LogP contribution is -2.57. The van der Waals surface area contributed by atoms with Gasteiger partial charge in [-0.3, -0.25) is 0 Å². The number of benzene rings is 4. The van der Waals surface area contributed by atoms with Crippen molar-refractivity contribution in [2.75, 3.05) is 0 Å². The fourth-order valence-corrected chi connectivity index (χ4v) is 10.5. The van der Waals surface area contributed by atoms with E-state index in [0.29, 0.717) is 0 Å². The van der Waals surface area contributed by atoms with Crippen LogP contribution in [0.15, 0.2) is 97.1 Å². The maximum absolute atomic E-state index is 7.70. The van der Waals surface area contributed by atoms with Gasteiger partial charge in [-0.15, -0.1) is 0 Å². The molecule has 0 saturated carbocycles. The maximum Gasteiger partial charge on any atom is 0.280 e. The molecule has 0 aliphatic rings. The largest absolute Gasteiger partial charge is 0.488 e. The molecule has 4 aromatic carbocycles. The van der Waals surface area contributed by atoms with Crippen LogP contribution < -0.4 is 39.7 Å². The molecular weight excluding hydrogens is 617 g/mol. The third kappa shape index (κ3) is 10.7. The Morgan fingerprint density at radius 3 is 0.702 bits per heavy atom. The number of rotatable bonds is 10. The van der Waals surface area contributed by atoms with Crippen molar-refractivity contribution in [3.63, 3.8) is 0 Å². The summed E-state index contributed by atoms with van der Waals surface area (Å²) in [6, 6.07) is 33.0. The van der Waals surface area contributed by atoms with Gasteiger partial charge in [0.2, 0.25) is 0 Å². The smallest absolute Gasteiger partial charge is 0.280 e. The van der Waals surface area contributed by atoms with Gasteiger partial charge in [0.1, 0.15) is 45.4 Å². The van der Waals surface area contributed by atoms with Gasteiger partial charge >= 0.3 is 0 Å². The van der Waals surface area contributed by atoms with E-state index in [4.69, 9.17) is 23.1 Å². The van der Waals surface area contributed by atoms with E-state index in [1.54, 1.807) is 0 Å². The Balaban J connectivity index is 2.03. The summed E-state index contributed by atoms with van der Waals surface area (Å²) in [6.45, 7) is 24.9. The van der Waals surface area contributed by atoms with E-state index in [0.717, 1.165) is 43.7 Å². The average molecular weight is 669 g/mol. The van der Waals surface area contributed by atoms with Gasteiger partial charge in [-0.05, 0) is 107 Å². The van der Waals surface area contributed by atoms with Gasteiger partial charge in [0.15, 0.2) is 0 Å². The molecule has 0 spiro atoms. The first-order chi connectivity index (χ1) is 21.8. The molecule has 47 heavy (non-hydrogen) atoms. The van der Waals surface area contributed by atoms with Crippen molar-refractivity contribution in [2.45, 2.75) is 105 Å². The van der Waals surface area contributed by atoms with Crippen molar-refractivity contribution in [1.29, 1.82) is 0 Å². The lowest BCUT2D eigenvalue weighted by molar-refractivity contribution is 0.131. The molecule has 7 heteroatoms. The minimum atomic E-state index is -2.03. The van der Waals surface area contributed by atoms with Crippen LogP contribution in [0.4, 0.5) is 0 Å². The van der Waals surface area contributed by atoms with Crippen molar-refractivity contribution in [3.8, 4) is 23.0 Å². The zero-order valence-electron chi connectivity index (χ0n) is 30.3. The molecule has 0 aliphatic heterocycles. The molecule has 0 amide bonds. The maximum atomic E-state index is 7.70. The third-order valence-electron chi connectivity index (χ3n) is 6.40. The fraction of sp³-hybridized carbons (Fsp3) is 0.400. The van der Waals surface area contributed by atoms with E-state index >= 15 is 0 Å². The van der Waals surface area contributed by atoms with Gasteiger partial charge in [0.25, 0.3) is 18.1 Å². The van der Waals surface area contributed by atoms with E-state index in [2.05, 4.69) is 132 Å². The SMILES string of the molecule is CC(C)(C)Oc1ccccc1[Si](O[Si](c1ccccc1OC(C)(C)C)c1ccccc1OC(C)(C)C)c1ccccc1OC(C)(C)C. The topological polar surface area (TPSA) is 46.2 Å². The second-order valence-corrected chi connectivity index (χ2v) is 19.9. The minimum Gasteiger partial charge on any atom is -0.488 e. The fourth-order valence-electron chi connectivity index (χ4n) is 4.90. The first kappa shape index (κ1) is 36.3. The third-order valence-corrected chi connectivity index (χ3v) is 11.6. The number of hydrogen-bond donors (Lipinski definition) is 0. The standard InChI is InChI=1S/C40H52O5Si2/c1-37(2,3)41-29-21-13-17-25-33(29)46(34-26-18-14-22-30(34)42-38(4,5)6)45-47(35-27-19-15-23-31(35)43-39(7,8)9)36-28-20-16-24-32(36)44-40(10,11)12/h13-28H,1-12H3. The average Bonchev–Trinajstić information content (AvgIpc) is 2.93. The molecule has 0 unspecified atom stereocenters. The van der Waals surface area contributed by atoms with Gasteiger partial charge in [-0.2, -0.15) is 0 Å². The van der Waals surface area contributed by atoms with Crippen molar-refractivity contribution >= 4 is 38.8 Å². The van der Waals surface area contributed by atoms with E-state index < -0.39 is 40.5 Å². The number of hydrogen-bond acceptors (Lipinski definition) is 5. The summed E-state index contributed by atoms with van der Waals surface area (Å²) in [5, 5.41) is 4.07. The van der Waals surface area contributed by atoms with E-state index in [9.17, 15) is 0 Å². The van der Waals surface area contributed by atoms with Crippen LogP contribution in [-0.2, 0) is 4.12 Å². The summed E-state index contributed by atoms with van der Waals surface area (Å²) >= 11 is 0. The summed E-state index contributed by atoms with van der Waals surface area (Å²) in [4.78, 5) is 0. The molecule has 0 N–H and O–H groups in total. The monoisotopic (exact) mass is 668 g/mol. The highest BCUT2D eigenvalue weighted by Gasteiger charge is 2.37. The van der Waals surface area contributed by atoms with Gasteiger partial charge < -0.3 is 23.1 Å². The predicted molar refractivity (Wildman–Crippen MR) is 198 cm³/mol. The van der Waals surface area contributed by atoms with Crippen LogP contribution in [-0.4, -0.2) is 40.5 Å². The van der Waals surface area contributed by atoms with E-state index in [1.165, 1.54) is 0 Å². The molecule has 4 aromatic rings. The summed E-state index contributed by atoms with van der Waals surface area (Å²) in [7, 11) is -4.06. The van der Waals surface area contributed by atoms with E-state index in [-0.39, 0.29) is 0 Å². The molecule has 0 fully saturated rings. The number of ether oxygens (including phenoxy) is 4. The quantitative estimate of drug-likeness (QED) is 0.166. The highest BCUT2D eigenvalue weighted by molar-refractivity contribution is 6.93. The molecule has 2 radical (unpaired) electrons. The van der Waals surface area contributed by atoms with Crippen molar-refractivity contribution in [1.82, 2.24) is 0 Å². The van der Waals surface area contributed by atoms with Crippen LogP contribution in [0.25, 0.3) is 0 Å². The molecule has 0 aromatic heterocycles. The Labute approximate surface area is 286 Å². The van der Waals surface area contributed by atoms with Crippen molar-refractivity contribution in [3.05, 3.63) is 97.1 Å². The minimum absolute atomic E-state index is 0.404. The van der Waals surface area contributed by atoms with Crippen LogP contribution in [0, 0.1) is 0 Å². The summed E-state index contributed by atoms with van der Waals surface area (Å²) in [5.41, 5.74) is -1.62. The summed E-state index contributed by atoms with van der Waals surface area (Å²) < 4.78 is 34.2. The molecule has 0 bridgehead atoms. The Bertz CT molecular complexity index is 1380. The molecular formula is C40H52O5Si2. The Morgan fingerprint density at radius 2 is 0.511 bits per heavy atom. The molecule has 4 rings (SSSR count). The van der Waals surface area contributed by atoms with Gasteiger partial charge in [0, 0.05) is 20.7 Å². The molecule has 5 nitrogen and oxygen atoms in total. The van der Waals surface area contributed by atoms with Crippen LogP contribution in [0.5, 0.6) is 23.0 Å². The summed E-state index contributed by atoms with van der Waals surface area (Å²) in [5.74, 6) is 3.22. The predicted octanol–water partition coefficient (Wildman–Crippen LogP) is 7.32. The molecule has 250 valence electrons. The first-order valence-electron chi connectivity index (χ1n) is 16.4. The van der Waals surface area contributed by atoms with Gasteiger partial charge in [-0.1, -0.05) is 72.8 Å². The van der Waals surface area contributed by atoms with Crippen molar-refractivity contribution in [2.24, 2.45) is 0 Å². The lowest BCUT2D eigenvalue weighted by atomic mass is 10.2. The van der Waals surface area contributed by atoms with Crippen LogP contribution in [0.3, 0.4) is 0 Å². The zero-order chi connectivity index (χ0) is 34.6. The van der Waals surface area contributed by atoms with Gasteiger partial charge in [-0.25, -0.2) is 0 Å². The molecule has 0 saturated heterocycles. The Kier molecular flexibility index (Phi) is 11.0. The molecule has 0 heterocycles. The second kappa shape index (κ2) is 14.3. The highest BCUT2D eigenvalue weighted by Crippen LogP contribution is 2.24. The lowest BCUT2D eigenvalue weighted by Gasteiger charge is -2.32. The summed E-state index contributed by atoms with van der Waals surface area (Å²) in [6.07, 6.45) is 0. The van der Waals surface area contributed by atoms with Crippen LogP contribution in [0.1, 0.15) is 83.1 Å². The van der Waals surface area contributed by atoms with Crippen LogP contribution in [0.2, 0.25) is 0 Å². The van der Waals surface area contributed by atoms with Crippen molar-refractivity contribution < 1.29 is 23.1 Å². The number of para-hydroxylation sites is 4. The normalized spacial score (nSPS) is 12.7. The Morgan fingerprint density at radius 1 is 0.319 bits per heavy atom. The molecule has 0 aliphatic carbocycles. The van der Waals surface area contributed by atoms with E-state index in [1.807, 2.05) is 48.5 Å². The second-order valence-electron chi connectivity index (χ2n) is 15.6. The van der Waals surface area contributed by atoms with Crippen LogP contribution >= 0.6 is 0 Å².